The van der Waals surface area contributed by atoms with Gasteiger partial charge in [-0.2, -0.15) is 13.2 Å². The summed E-state index contributed by atoms with van der Waals surface area (Å²) in [4.78, 5) is 13.5. The lowest BCUT2D eigenvalue weighted by atomic mass is 9.78. The molecule has 1 aliphatic heterocycles. The van der Waals surface area contributed by atoms with E-state index in [1.54, 1.807) is 7.11 Å². The van der Waals surface area contributed by atoms with E-state index in [1.807, 2.05) is 48.5 Å². The second kappa shape index (κ2) is 8.56. The highest BCUT2D eigenvalue weighted by Crippen LogP contribution is 2.44. The van der Waals surface area contributed by atoms with Crippen molar-refractivity contribution in [3.63, 3.8) is 0 Å². The summed E-state index contributed by atoms with van der Waals surface area (Å²) in [6.07, 6.45) is -3.51. The lowest BCUT2D eigenvalue weighted by molar-refractivity contribution is -0.137. The summed E-state index contributed by atoms with van der Waals surface area (Å²) in [5.74, 6) is 0.660. The van der Waals surface area contributed by atoms with Crippen molar-refractivity contribution in [3.8, 4) is 5.75 Å². The molecule has 3 aromatic carbocycles. The largest absolute Gasteiger partial charge is 0.497 e. The number of anilines is 2. The minimum Gasteiger partial charge on any atom is -0.497 e. The van der Waals surface area contributed by atoms with Gasteiger partial charge < -0.3 is 15.4 Å². The van der Waals surface area contributed by atoms with Gasteiger partial charge in [0, 0.05) is 17.7 Å². The topological polar surface area (TPSA) is 50.4 Å². The molecule has 1 aliphatic carbocycles. The molecule has 0 saturated heterocycles. The van der Waals surface area contributed by atoms with Crippen LogP contribution in [0.5, 0.6) is 5.75 Å². The number of para-hydroxylation sites is 2. The second-order valence-corrected chi connectivity index (χ2v) is 8.56. The van der Waals surface area contributed by atoms with Crippen LogP contribution in [-0.2, 0) is 11.0 Å². The summed E-state index contributed by atoms with van der Waals surface area (Å²) in [6, 6.07) is 19.7. The molecule has 4 nitrogen and oxygen atoms in total. The van der Waals surface area contributed by atoms with Gasteiger partial charge in [-0.3, -0.25) is 4.79 Å². The maximum atomic E-state index is 13.5. The molecule has 0 saturated carbocycles. The molecule has 7 heteroatoms. The Morgan fingerprint density at radius 2 is 1.62 bits per heavy atom. The first-order valence-electron chi connectivity index (χ1n) is 11.0. The Hall–Kier alpha value is -3.74. The number of methoxy groups -OCH3 is 1. The Labute approximate surface area is 195 Å². The number of halogens is 3. The van der Waals surface area contributed by atoms with Gasteiger partial charge in [0.15, 0.2) is 5.78 Å². The van der Waals surface area contributed by atoms with E-state index in [1.165, 1.54) is 12.1 Å². The maximum absolute atomic E-state index is 13.5. The van der Waals surface area contributed by atoms with Crippen LogP contribution in [0.25, 0.3) is 0 Å². The minimum absolute atomic E-state index is 0.0348. The monoisotopic (exact) mass is 464 g/mol. The van der Waals surface area contributed by atoms with Crippen LogP contribution in [-0.4, -0.2) is 12.9 Å². The lowest BCUT2D eigenvalue weighted by Gasteiger charge is -2.30. The average molecular weight is 464 g/mol. The van der Waals surface area contributed by atoms with Gasteiger partial charge in [-0.05, 0) is 59.9 Å². The molecule has 3 aromatic rings. The summed E-state index contributed by atoms with van der Waals surface area (Å²) >= 11 is 0. The van der Waals surface area contributed by atoms with Crippen molar-refractivity contribution in [1.82, 2.24) is 0 Å². The van der Waals surface area contributed by atoms with Crippen molar-refractivity contribution in [2.75, 3.05) is 17.7 Å². The molecule has 0 amide bonds. The summed E-state index contributed by atoms with van der Waals surface area (Å²) in [5, 5.41) is 6.83. The molecule has 174 valence electrons. The molecular formula is C27H23F3N2O2. The van der Waals surface area contributed by atoms with Crippen molar-refractivity contribution in [3.05, 3.63) is 101 Å². The molecule has 0 fully saturated rings. The summed E-state index contributed by atoms with van der Waals surface area (Å²) < 4.78 is 44.7. The SMILES string of the molecule is COc1cccc([C@@H]2CC(=O)C3=C(C2)Nc2ccccc2N[C@@H]3c2ccc(C(F)(F)F)cc2)c1. The first kappa shape index (κ1) is 22.1. The minimum atomic E-state index is -4.42. The number of hydrogen-bond acceptors (Lipinski definition) is 4. The van der Waals surface area contributed by atoms with Crippen LogP contribution >= 0.6 is 0 Å². The number of carbonyl (C=O) groups excluding carboxylic acids is 1. The van der Waals surface area contributed by atoms with Crippen molar-refractivity contribution < 1.29 is 22.7 Å². The average Bonchev–Trinajstić information content (AvgIpc) is 3.00. The number of hydrogen-bond donors (Lipinski definition) is 2. The Bertz CT molecular complexity index is 1270. The van der Waals surface area contributed by atoms with Gasteiger partial charge in [-0.1, -0.05) is 36.4 Å². The highest BCUT2D eigenvalue weighted by Gasteiger charge is 2.37. The first-order chi connectivity index (χ1) is 16.3. The van der Waals surface area contributed by atoms with Gasteiger partial charge in [0.25, 0.3) is 0 Å². The number of carbonyl (C=O) groups is 1. The molecule has 2 aliphatic rings. The molecule has 34 heavy (non-hydrogen) atoms. The van der Waals surface area contributed by atoms with Crippen molar-refractivity contribution in [1.29, 1.82) is 0 Å². The quantitative estimate of drug-likeness (QED) is 0.453. The van der Waals surface area contributed by atoms with Gasteiger partial charge in [0.1, 0.15) is 5.75 Å². The van der Waals surface area contributed by atoms with E-state index >= 15 is 0 Å². The van der Waals surface area contributed by atoms with Crippen LogP contribution < -0.4 is 15.4 Å². The molecule has 0 spiro atoms. The predicted octanol–water partition coefficient (Wildman–Crippen LogP) is 6.69. The van der Waals surface area contributed by atoms with Gasteiger partial charge in [0.2, 0.25) is 0 Å². The fourth-order valence-corrected chi connectivity index (χ4v) is 4.74. The smallest absolute Gasteiger partial charge is 0.416 e. The van der Waals surface area contributed by atoms with Gasteiger partial charge in [-0.15, -0.1) is 0 Å². The molecular weight excluding hydrogens is 441 g/mol. The lowest BCUT2D eigenvalue weighted by Crippen LogP contribution is -2.27. The zero-order chi connectivity index (χ0) is 23.9. The van der Waals surface area contributed by atoms with E-state index in [9.17, 15) is 18.0 Å². The van der Waals surface area contributed by atoms with Crippen LogP contribution in [0, 0.1) is 0 Å². The van der Waals surface area contributed by atoms with Crippen molar-refractivity contribution in [2.45, 2.75) is 31.0 Å². The molecule has 0 unspecified atom stereocenters. The summed E-state index contributed by atoms with van der Waals surface area (Å²) in [7, 11) is 1.61. The van der Waals surface area contributed by atoms with Crippen LogP contribution in [0.15, 0.2) is 84.1 Å². The Morgan fingerprint density at radius 1 is 0.882 bits per heavy atom. The van der Waals surface area contributed by atoms with Crippen LogP contribution in [0.1, 0.15) is 41.5 Å². The van der Waals surface area contributed by atoms with Crippen LogP contribution in [0.4, 0.5) is 24.5 Å². The van der Waals surface area contributed by atoms with Gasteiger partial charge in [0.05, 0.1) is 30.1 Å². The van der Waals surface area contributed by atoms with E-state index in [0.29, 0.717) is 24.0 Å². The number of Topliss-reactive ketones (excluding diaryl/α,β-unsaturated/α-hetero) is 1. The molecule has 2 N–H and O–H groups in total. The highest BCUT2D eigenvalue weighted by molar-refractivity contribution is 6.01. The third-order valence-corrected chi connectivity index (χ3v) is 6.45. The van der Waals surface area contributed by atoms with Gasteiger partial charge in [-0.25, -0.2) is 0 Å². The zero-order valence-corrected chi connectivity index (χ0v) is 18.4. The van der Waals surface area contributed by atoms with E-state index in [0.717, 1.165) is 40.5 Å². The molecule has 5 rings (SSSR count). The van der Waals surface area contributed by atoms with Crippen molar-refractivity contribution in [2.24, 2.45) is 0 Å². The van der Waals surface area contributed by atoms with Crippen LogP contribution in [0.3, 0.4) is 0 Å². The fraction of sp³-hybridized carbons (Fsp3) is 0.222. The van der Waals surface area contributed by atoms with Crippen molar-refractivity contribution >= 4 is 17.2 Å². The van der Waals surface area contributed by atoms with E-state index in [-0.39, 0.29) is 11.7 Å². The number of fused-ring (bicyclic) bond motifs is 1. The number of alkyl halides is 3. The van der Waals surface area contributed by atoms with E-state index < -0.39 is 17.8 Å². The Morgan fingerprint density at radius 3 is 2.32 bits per heavy atom. The second-order valence-electron chi connectivity index (χ2n) is 8.56. The number of allylic oxidation sites excluding steroid dienone is 1. The van der Waals surface area contributed by atoms with Gasteiger partial charge >= 0.3 is 6.18 Å². The molecule has 0 bridgehead atoms. The zero-order valence-electron chi connectivity index (χ0n) is 18.4. The number of benzene rings is 3. The third kappa shape index (κ3) is 4.14. The Balaban J connectivity index is 1.57. The number of nitrogens with one attached hydrogen (secondary N) is 2. The standard InChI is InChI=1S/C27H23F3N2O2/c1-34-20-6-4-5-17(13-20)18-14-23-25(24(33)15-18)26(32-22-8-3-2-7-21(22)31-23)16-9-11-19(12-10-16)27(28,29)30/h2-13,18,26,31-32H,14-15H2,1H3/t18-,26+/m0/s1. The summed E-state index contributed by atoms with van der Waals surface area (Å²) in [6.45, 7) is 0. The molecule has 0 aromatic heterocycles. The molecule has 1 heterocycles. The third-order valence-electron chi connectivity index (χ3n) is 6.45. The number of ether oxygens (including phenoxy) is 1. The molecule has 2 atom stereocenters. The normalized spacial score (nSPS) is 19.9. The Kier molecular flexibility index (Phi) is 5.55. The fourth-order valence-electron chi connectivity index (χ4n) is 4.74. The number of rotatable bonds is 3. The molecule has 0 radical (unpaired) electrons. The predicted molar refractivity (Wildman–Crippen MR) is 125 cm³/mol. The first-order valence-corrected chi connectivity index (χ1v) is 11.0. The highest BCUT2D eigenvalue weighted by atomic mass is 19.4. The summed E-state index contributed by atoms with van der Waals surface area (Å²) in [5.41, 5.74) is 3.85. The van der Waals surface area contributed by atoms with Crippen LogP contribution in [0.2, 0.25) is 0 Å². The number of ketones is 1. The maximum Gasteiger partial charge on any atom is 0.416 e. The van der Waals surface area contributed by atoms with E-state index in [2.05, 4.69) is 10.6 Å². The van der Waals surface area contributed by atoms with E-state index in [4.69, 9.17) is 4.74 Å².